The number of rotatable bonds is 7. The molecule has 0 saturated carbocycles. The number of aryl methyl sites for hydroxylation is 2. The van der Waals surface area contributed by atoms with Gasteiger partial charge in [0.05, 0.1) is 12.0 Å². The van der Waals surface area contributed by atoms with Crippen molar-refractivity contribution in [1.29, 1.82) is 0 Å². The smallest absolute Gasteiger partial charge is 0.242 e. The molecule has 0 fully saturated rings. The lowest BCUT2D eigenvalue weighted by Gasteiger charge is -2.14. The maximum absolute atomic E-state index is 12.3. The fraction of sp³-hybridized carbons (Fsp3) is 0.316. The summed E-state index contributed by atoms with van der Waals surface area (Å²) in [5.74, 6) is 0.419. The van der Waals surface area contributed by atoms with E-state index in [-0.39, 0.29) is 17.2 Å². The summed E-state index contributed by atoms with van der Waals surface area (Å²) >= 11 is 0. The summed E-state index contributed by atoms with van der Waals surface area (Å²) in [4.78, 5) is 12.4. The van der Waals surface area contributed by atoms with Gasteiger partial charge < -0.3 is 10.1 Å². The van der Waals surface area contributed by atoms with Crippen molar-refractivity contribution in [3.8, 4) is 5.75 Å². The van der Waals surface area contributed by atoms with Gasteiger partial charge in [0.1, 0.15) is 5.75 Å². The average molecular weight is 376 g/mol. The van der Waals surface area contributed by atoms with Gasteiger partial charge in [-0.1, -0.05) is 17.7 Å². The van der Waals surface area contributed by atoms with Crippen LogP contribution in [0.25, 0.3) is 0 Å². The number of benzene rings is 2. The molecule has 0 heterocycles. The molecule has 0 aliphatic carbocycles. The van der Waals surface area contributed by atoms with Crippen molar-refractivity contribution >= 4 is 21.6 Å². The van der Waals surface area contributed by atoms with Crippen LogP contribution in [0.2, 0.25) is 0 Å². The highest BCUT2D eigenvalue weighted by Gasteiger charge is 2.19. The molecule has 0 unspecified atom stereocenters. The minimum atomic E-state index is -3.54. The number of methoxy groups -OCH3 is 1. The second-order valence-corrected chi connectivity index (χ2v) is 8.33. The Morgan fingerprint density at radius 1 is 1.12 bits per heavy atom. The number of amides is 1. The van der Waals surface area contributed by atoms with Crippen molar-refractivity contribution in [1.82, 2.24) is 4.31 Å². The van der Waals surface area contributed by atoms with Crippen LogP contribution in [0.5, 0.6) is 5.75 Å². The molecule has 2 aromatic rings. The first-order chi connectivity index (χ1) is 12.2. The first kappa shape index (κ1) is 19.9. The van der Waals surface area contributed by atoms with Gasteiger partial charge in [0, 0.05) is 26.2 Å². The number of carbonyl (C=O) groups excluding carboxylic acids is 1. The van der Waals surface area contributed by atoms with Crippen molar-refractivity contribution in [2.45, 2.75) is 24.7 Å². The molecule has 140 valence electrons. The van der Waals surface area contributed by atoms with E-state index < -0.39 is 10.0 Å². The summed E-state index contributed by atoms with van der Waals surface area (Å²) in [6.07, 6.45) is 0.591. The van der Waals surface area contributed by atoms with E-state index in [2.05, 4.69) is 5.32 Å². The standard InChI is InChI=1S/C19H24N2O4S/c1-14-5-8-16(9-6-14)20-19(22)12-7-15-13-17(10-11-18(15)25-4)26(23,24)21(2)3/h5-6,8-11,13H,7,12H2,1-4H3,(H,20,22). The number of sulfonamides is 1. The second-order valence-electron chi connectivity index (χ2n) is 6.18. The second kappa shape index (κ2) is 8.33. The Balaban J connectivity index is 2.12. The van der Waals surface area contributed by atoms with Crippen LogP contribution < -0.4 is 10.1 Å². The fourth-order valence-electron chi connectivity index (χ4n) is 2.43. The maximum atomic E-state index is 12.3. The molecule has 1 N–H and O–H groups in total. The zero-order chi connectivity index (χ0) is 19.3. The Bertz CT molecular complexity index is 875. The molecule has 0 aromatic heterocycles. The summed E-state index contributed by atoms with van der Waals surface area (Å²) in [6.45, 7) is 1.98. The van der Waals surface area contributed by atoms with E-state index in [1.807, 2.05) is 31.2 Å². The molecule has 0 aliphatic rings. The highest BCUT2D eigenvalue weighted by atomic mass is 32.2. The zero-order valence-electron chi connectivity index (χ0n) is 15.4. The average Bonchev–Trinajstić information content (AvgIpc) is 2.61. The van der Waals surface area contributed by atoms with E-state index in [0.29, 0.717) is 17.7 Å². The Labute approximate surface area is 154 Å². The predicted octanol–water partition coefficient (Wildman–Crippen LogP) is 2.83. The van der Waals surface area contributed by atoms with Gasteiger partial charge in [-0.15, -0.1) is 0 Å². The van der Waals surface area contributed by atoms with E-state index in [9.17, 15) is 13.2 Å². The van der Waals surface area contributed by atoms with E-state index in [4.69, 9.17) is 4.74 Å². The Kier molecular flexibility index (Phi) is 6.39. The van der Waals surface area contributed by atoms with E-state index in [1.54, 1.807) is 12.1 Å². The number of nitrogens with one attached hydrogen (secondary N) is 1. The van der Waals surface area contributed by atoms with Crippen LogP contribution in [-0.2, 0) is 21.2 Å². The number of nitrogens with zero attached hydrogens (tertiary/aromatic N) is 1. The van der Waals surface area contributed by atoms with Gasteiger partial charge in [-0.2, -0.15) is 0 Å². The van der Waals surface area contributed by atoms with Crippen LogP contribution in [-0.4, -0.2) is 39.8 Å². The van der Waals surface area contributed by atoms with Gasteiger partial charge in [-0.3, -0.25) is 4.79 Å². The Morgan fingerprint density at radius 2 is 1.77 bits per heavy atom. The first-order valence-corrected chi connectivity index (χ1v) is 9.64. The van der Waals surface area contributed by atoms with Crippen molar-refractivity contribution in [3.05, 3.63) is 53.6 Å². The summed E-state index contributed by atoms with van der Waals surface area (Å²) in [5, 5.41) is 2.83. The lowest BCUT2D eigenvalue weighted by atomic mass is 10.1. The highest BCUT2D eigenvalue weighted by molar-refractivity contribution is 7.89. The molecule has 2 rings (SSSR count). The molecule has 0 spiro atoms. The molecule has 2 aromatic carbocycles. The molecular formula is C19H24N2O4S. The fourth-order valence-corrected chi connectivity index (χ4v) is 3.38. The molecule has 0 aliphatic heterocycles. The number of ether oxygens (including phenoxy) is 1. The third-order valence-corrected chi connectivity index (χ3v) is 5.80. The number of hydrogen-bond acceptors (Lipinski definition) is 4. The van der Waals surface area contributed by atoms with Crippen LogP contribution in [0.1, 0.15) is 17.5 Å². The largest absolute Gasteiger partial charge is 0.496 e. The van der Waals surface area contributed by atoms with Gasteiger partial charge in [-0.05, 0) is 49.2 Å². The molecule has 0 saturated heterocycles. The topological polar surface area (TPSA) is 75.7 Å². The maximum Gasteiger partial charge on any atom is 0.242 e. The third-order valence-electron chi connectivity index (χ3n) is 3.99. The van der Waals surface area contributed by atoms with Crippen LogP contribution in [0.15, 0.2) is 47.4 Å². The van der Waals surface area contributed by atoms with Crippen molar-refractivity contribution < 1.29 is 17.9 Å². The van der Waals surface area contributed by atoms with Gasteiger partial charge in [0.25, 0.3) is 0 Å². The normalized spacial score (nSPS) is 11.4. The van der Waals surface area contributed by atoms with Gasteiger partial charge in [0.2, 0.25) is 15.9 Å². The lowest BCUT2D eigenvalue weighted by molar-refractivity contribution is -0.116. The SMILES string of the molecule is COc1ccc(S(=O)(=O)N(C)C)cc1CCC(=O)Nc1ccc(C)cc1. The zero-order valence-corrected chi connectivity index (χ0v) is 16.3. The van der Waals surface area contributed by atoms with Gasteiger partial charge >= 0.3 is 0 Å². The molecule has 26 heavy (non-hydrogen) atoms. The molecule has 0 atom stereocenters. The summed E-state index contributed by atoms with van der Waals surface area (Å²) in [6, 6.07) is 12.2. The molecule has 0 bridgehead atoms. The van der Waals surface area contributed by atoms with Crippen LogP contribution in [0.3, 0.4) is 0 Å². The van der Waals surface area contributed by atoms with Gasteiger partial charge in [0.15, 0.2) is 0 Å². The van der Waals surface area contributed by atoms with Crippen molar-refractivity contribution in [3.63, 3.8) is 0 Å². The summed E-state index contributed by atoms with van der Waals surface area (Å²) in [7, 11) is 0.942. The molecule has 7 heteroatoms. The number of hydrogen-bond donors (Lipinski definition) is 1. The van der Waals surface area contributed by atoms with Crippen LogP contribution in [0.4, 0.5) is 5.69 Å². The van der Waals surface area contributed by atoms with Crippen molar-refractivity contribution in [2.24, 2.45) is 0 Å². The van der Waals surface area contributed by atoms with Crippen LogP contribution >= 0.6 is 0 Å². The monoisotopic (exact) mass is 376 g/mol. The quantitative estimate of drug-likeness (QED) is 0.806. The Hall–Kier alpha value is -2.38. The Morgan fingerprint density at radius 3 is 2.35 bits per heavy atom. The minimum absolute atomic E-state index is 0.142. The van der Waals surface area contributed by atoms with Crippen molar-refractivity contribution in [2.75, 3.05) is 26.5 Å². The summed E-state index contributed by atoms with van der Waals surface area (Å²) < 4.78 is 31.0. The van der Waals surface area contributed by atoms with Crippen LogP contribution in [0, 0.1) is 6.92 Å². The molecular weight excluding hydrogens is 352 g/mol. The van der Waals surface area contributed by atoms with Gasteiger partial charge in [-0.25, -0.2) is 12.7 Å². The lowest BCUT2D eigenvalue weighted by Crippen LogP contribution is -2.22. The molecule has 1 amide bonds. The molecule has 0 radical (unpaired) electrons. The van der Waals surface area contributed by atoms with E-state index in [0.717, 1.165) is 15.6 Å². The first-order valence-electron chi connectivity index (χ1n) is 8.20. The third kappa shape index (κ3) is 4.83. The number of carbonyl (C=O) groups is 1. The predicted molar refractivity (Wildman–Crippen MR) is 102 cm³/mol. The molecule has 6 nitrogen and oxygen atoms in total. The van der Waals surface area contributed by atoms with E-state index >= 15 is 0 Å². The highest BCUT2D eigenvalue weighted by Crippen LogP contribution is 2.25. The van der Waals surface area contributed by atoms with E-state index in [1.165, 1.54) is 27.3 Å². The number of anilines is 1. The summed E-state index contributed by atoms with van der Waals surface area (Å²) in [5.41, 5.74) is 2.53. The minimum Gasteiger partial charge on any atom is -0.496 e.